The van der Waals surface area contributed by atoms with Crippen molar-refractivity contribution in [2.75, 3.05) is 63.7 Å². The fourth-order valence-electron chi connectivity index (χ4n) is 3.39. The molecule has 2 aromatic rings. The van der Waals surface area contributed by atoms with Crippen molar-refractivity contribution in [3.63, 3.8) is 0 Å². The number of guanidine groups is 1. The molecule has 0 aliphatic carbocycles. The van der Waals surface area contributed by atoms with Gasteiger partial charge in [0.1, 0.15) is 0 Å². The smallest absolute Gasteiger partial charge is 0.225 e. The van der Waals surface area contributed by atoms with Gasteiger partial charge in [-0.3, -0.25) is 9.79 Å². The van der Waals surface area contributed by atoms with Crippen molar-refractivity contribution in [3.05, 3.63) is 36.7 Å². The fourth-order valence-corrected chi connectivity index (χ4v) is 3.39. The van der Waals surface area contributed by atoms with Gasteiger partial charge in [0.15, 0.2) is 17.5 Å². The number of ether oxygens (including phenoxy) is 2. The third-order valence-electron chi connectivity index (χ3n) is 5.05. The van der Waals surface area contributed by atoms with Gasteiger partial charge in [-0.1, -0.05) is 0 Å². The number of carbonyl (C=O) groups is 1. The molecule has 0 bridgehead atoms. The van der Waals surface area contributed by atoms with Gasteiger partial charge in [0.25, 0.3) is 0 Å². The number of benzene rings is 1. The first kappa shape index (κ1) is 26.4. The summed E-state index contributed by atoms with van der Waals surface area (Å²) < 4.78 is 10.9. The lowest BCUT2D eigenvalue weighted by Crippen LogP contribution is -2.49. The molecule has 0 atom stereocenters. The first-order chi connectivity index (χ1) is 15.6. The van der Waals surface area contributed by atoms with Crippen molar-refractivity contribution in [2.24, 2.45) is 4.99 Å². The number of nitrogens with one attached hydrogen (secondary N) is 2. The van der Waals surface area contributed by atoms with Gasteiger partial charge in [-0.15, -0.1) is 24.0 Å². The Kier molecular flexibility index (Phi) is 10.9. The second-order valence-corrected chi connectivity index (χ2v) is 7.09. The van der Waals surface area contributed by atoms with E-state index in [1.54, 1.807) is 32.6 Å². The van der Waals surface area contributed by atoms with Crippen molar-refractivity contribution in [2.45, 2.75) is 13.3 Å². The number of piperazine rings is 1. The summed E-state index contributed by atoms with van der Waals surface area (Å²) in [5, 5.41) is 6.41. The summed E-state index contributed by atoms with van der Waals surface area (Å²) in [6, 6.07) is 7.38. The van der Waals surface area contributed by atoms with Gasteiger partial charge in [0.2, 0.25) is 11.9 Å². The molecular formula is C22H32IN7O3. The lowest BCUT2D eigenvalue weighted by Gasteiger charge is -2.34. The molecule has 1 aromatic heterocycles. The monoisotopic (exact) mass is 569 g/mol. The van der Waals surface area contributed by atoms with E-state index in [2.05, 4.69) is 30.5 Å². The van der Waals surface area contributed by atoms with Crippen LogP contribution < -0.4 is 25.0 Å². The van der Waals surface area contributed by atoms with Crippen LogP contribution in [0.5, 0.6) is 11.5 Å². The zero-order valence-corrected chi connectivity index (χ0v) is 21.6. The largest absolute Gasteiger partial charge is 0.493 e. The van der Waals surface area contributed by atoms with Gasteiger partial charge in [-0.25, -0.2) is 9.97 Å². The van der Waals surface area contributed by atoms with Crippen molar-refractivity contribution in [1.82, 2.24) is 20.2 Å². The fraction of sp³-hybridized carbons (Fsp3) is 0.455. The molecule has 1 saturated heterocycles. The predicted octanol–water partition coefficient (Wildman–Crippen LogP) is 2.23. The zero-order chi connectivity index (χ0) is 22.8. The maximum atomic E-state index is 12.6. The molecule has 1 aromatic carbocycles. The summed E-state index contributed by atoms with van der Waals surface area (Å²) in [4.78, 5) is 29.4. The molecule has 11 heteroatoms. The third kappa shape index (κ3) is 7.62. The maximum absolute atomic E-state index is 12.6. The molecule has 2 heterocycles. The second kappa shape index (κ2) is 13.7. The molecule has 0 unspecified atom stereocenters. The van der Waals surface area contributed by atoms with E-state index >= 15 is 0 Å². The first-order valence-electron chi connectivity index (χ1n) is 10.7. The van der Waals surface area contributed by atoms with Crippen molar-refractivity contribution >= 4 is 47.5 Å². The summed E-state index contributed by atoms with van der Waals surface area (Å²) in [6.07, 6.45) is 3.85. The van der Waals surface area contributed by atoms with Crippen molar-refractivity contribution in [3.8, 4) is 11.5 Å². The highest BCUT2D eigenvalue weighted by atomic mass is 127. The molecule has 10 nitrogen and oxygen atoms in total. The molecule has 33 heavy (non-hydrogen) atoms. The Morgan fingerprint density at radius 2 is 1.88 bits per heavy atom. The number of anilines is 2. The summed E-state index contributed by atoms with van der Waals surface area (Å²) in [5.74, 6) is 2.74. The number of aliphatic imine (C=N–C) groups is 1. The van der Waals surface area contributed by atoms with Gasteiger partial charge < -0.3 is 29.9 Å². The number of hydrogen-bond donors (Lipinski definition) is 2. The van der Waals surface area contributed by atoms with Gasteiger partial charge in [0.05, 0.1) is 13.7 Å². The molecule has 1 amide bonds. The Morgan fingerprint density at radius 1 is 1.15 bits per heavy atom. The van der Waals surface area contributed by atoms with Gasteiger partial charge in [-0.05, 0) is 25.1 Å². The Labute approximate surface area is 211 Å². The van der Waals surface area contributed by atoms with Crippen LogP contribution in [-0.4, -0.2) is 80.2 Å². The average molecular weight is 569 g/mol. The number of methoxy groups -OCH3 is 1. The van der Waals surface area contributed by atoms with Crippen LogP contribution in [0.25, 0.3) is 0 Å². The Bertz CT molecular complexity index is 906. The van der Waals surface area contributed by atoms with Crippen molar-refractivity contribution < 1.29 is 14.3 Å². The van der Waals surface area contributed by atoms with Crippen LogP contribution in [0.1, 0.15) is 13.3 Å². The predicted molar refractivity (Wildman–Crippen MR) is 140 cm³/mol. The van der Waals surface area contributed by atoms with Crippen LogP contribution in [0, 0.1) is 0 Å². The Balaban J connectivity index is 0.00000385. The molecule has 3 rings (SSSR count). The molecular weight excluding hydrogens is 537 g/mol. The van der Waals surface area contributed by atoms with Crippen LogP contribution in [0.15, 0.2) is 41.7 Å². The number of amides is 1. The number of aromatic nitrogens is 2. The molecule has 0 spiro atoms. The number of hydrogen-bond acceptors (Lipinski definition) is 7. The highest BCUT2D eigenvalue weighted by Gasteiger charge is 2.22. The van der Waals surface area contributed by atoms with E-state index in [-0.39, 0.29) is 29.9 Å². The number of nitrogens with zero attached hydrogens (tertiary/aromatic N) is 5. The topological polar surface area (TPSA) is 104 Å². The maximum Gasteiger partial charge on any atom is 0.225 e. The normalized spacial score (nSPS) is 13.7. The first-order valence-corrected chi connectivity index (χ1v) is 10.7. The quantitative estimate of drug-likeness (QED) is 0.284. The Hall–Kier alpha value is -2.83. The van der Waals surface area contributed by atoms with E-state index in [1.165, 1.54) is 0 Å². The van der Waals surface area contributed by atoms with Gasteiger partial charge in [0, 0.05) is 70.3 Å². The molecule has 0 radical (unpaired) electrons. The van der Waals surface area contributed by atoms with Crippen LogP contribution >= 0.6 is 24.0 Å². The van der Waals surface area contributed by atoms with E-state index in [1.807, 2.05) is 30.0 Å². The summed E-state index contributed by atoms with van der Waals surface area (Å²) in [5.41, 5.74) is 0.813. The molecule has 180 valence electrons. The van der Waals surface area contributed by atoms with Gasteiger partial charge >= 0.3 is 0 Å². The highest BCUT2D eigenvalue weighted by Crippen LogP contribution is 2.30. The minimum absolute atomic E-state index is 0. The van der Waals surface area contributed by atoms with E-state index in [9.17, 15) is 4.79 Å². The molecule has 1 aliphatic heterocycles. The van der Waals surface area contributed by atoms with Crippen LogP contribution in [0.4, 0.5) is 11.6 Å². The van der Waals surface area contributed by atoms with Gasteiger partial charge in [-0.2, -0.15) is 0 Å². The van der Waals surface area contributed by atoms with Crippen LogP contribution in [-0.2, 0) is 4.79 Å². The van der Waals surface area contributed by atoms with E-state index < -0.39 is 0 Å². The van der Waals surface area contributed by atoms with Crippen molar-refractivity contribution in [1.29, 1.82) is 0 Å². The standard InChI is InChI=1S/C22H31N7O3.HI/c1-4-32-19-16-17(6-7-18(19)31-3)27-21(23-2)24-11-8-20(30)28-12-14-29(15-13-28)22-25-9-5-10-26-22;/h5-7,9-10,16H,4,8,11-15H2,1-3H3,(H2,23,24,27);1H. The minimum atomic E-state index is 0. The number of halogens is 1. The lowest BCUT2D eigenvalue weighted by atomic mass is 10.2. The third-order valence-corrected chi connectivity index (χ3v) is 5.05. The van der Waals surface area contributed by atoms with E-state index in [0.717, 1.165) is 18.8 Å². The number of carbonyl (C=O) groups excluding carboxylic acids is 1. The van der Waals surface area contributed by atoms with E-state index in [4.69, 9.17) is 9.47 Å². The molecule has 0 saturated carbocycles. The molecule has 1 fully saturated rings. The summed E-state index contributed by atoms with van der Waals surface area (Å²) in [7, 11) is 3.30. The summed E-state index contributed by atoms with van der Waals surface area (Å²) in [6.45, 7) is 5.73. The SMILES string of the molecule is CCOc1cc(NC(=NC)NCCC(=O)N2CCN(c3ncccn3)CC2)ccc1OC.I. The van der Waals surface area contributed by atoms with Crippen LogP contribution in [0.2, 0.25) is 0 Å². The Morgan fingerprint density at radius 3 is 2.52 bits per heavy atom. The summed E-state index contributed by atoms with van der Waals surface area (Å²) >= 11 is 0. The zero-order valence-electron chi connectivity index (χ0n) is 19.3. The molecule has 2 N–H and O–H groups in total. The molecule has 1 aliphatic rings. The highest BCUT2D eigenvalue weighted by molar-refractivity contribution is 14.0. The van der Waals surface area contributed by atoms with Crippen LogP contribution in [0.3, 0.4) is 0 Å². The number of rotatable bonds is 8. The average Bonchev–Trinajstić information content (AvgIpc) is 2.84. The second-order valence-electron chi connectivity index (χ2n) is 7.09. The van der Waals surface area contributed by atoms with E-state index in [0.29, 0.717) is 56.1 Å². The lowest BCUT2D eigenvalue weighted by molar-refractivity contribution is -0.131. The minimum Gasteiger partial charge on any atom is -0.493 e.